The molecule has 1 aromatic rings. The normalized spacial score (nSPS) is 11.8. The molecule has 8 nitrogen and oxygen atoms in total. The van der Waals surface area contributed by atoms with E-state index < -0.39 is 42.0 Å². The summed E-state index contributed by atoms with van der Waals surface area (Å²) in [5.41, 5.74) is 0.112. The second kappa shape index (κ2) is 9.55. The average Bonchev–Trinajstić information content (AvgIpc) is 2.54. The van der Waals surface area contributed by atoms with Gasteiger partial charge in [0.1, 0.15) is 12.1 Å². The van der Waals surface area contributed by atoms with Crippen LogP contribution in [0.3, 0.4) is 0 Å². The maximum atomic E-state index is 12.2. The molecule has 1 unspecified atom stereocenters. The van der Waals surface area contributed by atoms with Crippen molar-refractivity contribution in [2.75, 3.05) is 6.54 Å². The fourth-order valence-corrected chi connectivity index (χ4v) is 1.90. The van der Waals surface area contributed by atoms with Crippen LogP contribution in [0.15, 0.2) is 30.3 Å². The number of hydrogen-bond donors (Lipinski definition) is 2. The largest absolute Gasteiger partial charge is 0.459 e. The van der Waals surface area contributed by atoms with Gasteiger partial charge in [-0.15, -0.1) is 0 Å². The lowest BCUT2D eigenvalue weighted by atomic mass is 10.2. The van der Waals surface area contributed by atoms with Gasteiger partial charge in [0.15, 0.2) is 0 Å². The number of benzene rings is 1. The highest BCUT2D eigenvalue weighted by molar-refractivity contribution is 6.05. The van der Waals surface area contributed by atoms with Gasteiger partial charge in [-0.1, -0.05) is 30.3 Å². The summed E-state index contributed by atoms with van der Waals surface area (Å²) in [7, 11) is 0. The summed E-state index contributed by atoms with van der Waals surface area (Å²) in [4.78, 5) is 47.2. The van der Waals surface area contributed by atoms with Crippen LogP contribution in [0.5, 0.6) is 0 Å². The van der Waals surface area contributed by atoms with E-state index in [9.17, 15) is 19.2 Å². The molecular weight excluding hydrogens is 340 g/mol. The van der Waals surface area contributed by atoms with E-state index >= 15 is 0 Å². The van der Waals surface area contributed by atoms with Crippen LogP contribution in [0.2, 0.25) is 0 Å². The number of rotatable bonds is 7. The van der Waals surface area contributed by atoms with Crippen molar-refractivity contribution in [1.82, 2.24) is 10.6 Å². The second-order valence-electron chi connectivity index (χ2n) is 6.50. The summed E-state index contributed by atoms with van der Waals surface area (Å²) in [5, 5.41) is 4.76. The van der Waals surface area contributed by atoms with Crippen molar-refractivity contribution in [1.29, 1.82) is 0 Å². The number of amides is 2. The van der Waals surface area contributed by atoms with Crippen molar-refractivity contribution in [2.24, 2.45) is 0 Å². The van der Waals surface area contributed by atoms with Crippen LogP contribution in [-0.4, -0.2) is 42.0 Å². The molecule has 1 rings (SSSR count). The van der Waals surface area contributed by atoms with Gasteiger partial charge in [-0.25, -0.2) is 0 Å². The Bertz CT molecular complexity index is 651. The molecular formula is C18H24N2O6. The Hall–Kier alpha value is -2.90. The highest BCUT2D eigenvalue weighted by Gasteiger charge is 2.30. The maximum absolute atomic E-state index is 12.2. The molecule has 0 fully saturated rings. The van der Waals surface area contributed by atoms with Gasteiger partial charge in [0.25, 0.3) is 17.9 Å². The maximum Gasteiger partial charge on any atom is 0.325 e. The van der Waals surface area contributed by atoms with E-state index in [1.54, 1.807) is 45.0 Å². The van der Waals surface area contributed by atoms with Crippen LogP contribution >= 0.6 is 0 Å². The zero-order valence-corrected chi connectivity index (χ0v) is 15.3. The van der Waals surface area contributed by atoms with Gasteiger partial charge in [-0.05, 0) is 26.3 Å². The van der Waals surface area contributed by atoms with Crippen molar-refractivity contribution in [3.05, 3.63) is 35.9 Å². The van der Waals surface area contributed by atoms with E-state index in [1.165, 1.54) is 0 Å². The molecule has 0 aliphatic carbocycles. The average molecular weight is 364 g/mol. The second-order valence-corrected chi connectivity index (χ2v) is 6.50. The van der Waals surface area contributed by atoms with Crippen molar-refractivity contribution >= 4 is 23.8 Å². The molecule has 0 bridgehead atoms. The van der Waals surface area contributed by atoms with Gasteiger partial charge in [0, 0.05) is 13.5 Å². The predicted octanol–water partition coefficient (Wildman–Crippen LogP) is 0.692. The van der Waals surface area contributed by atoms with Crippen LogP contribution in [0.25, 0.3) is 0 Å². The Balaban J connectivity index is 2.63. The quantitative estimate of drug-likeness (QED) is 0.544. The van der Waals surface area contributed by atoms with Gasteiger partial charge in [-0.3, -0.25) is 19.2 Å². The van der Waals surface area contributed by atoms with Crippen LogP contribution in [0.4, 0.5) is 0 Å². The summed E-state index contributed by atoms with van der Waals surface area (Å²) in [6.45, 7) is 5.86. The lowest BCUT2D eigenvalue weighted by Crippen LogP contribution is -2.49. The number of esters is 2. The number of carbonyl (C=O) groups is 4. The molecule has 8 heteroatoms. The number of ether oxygens (including phenoxy) is 2. The molecule has 2 amide bonds. The molecule has 0 aliphatic rings. The first-order valence-corrected chi connectivity index (χ1v) is 8.07. The van der Waals surface area contributed by atoms with Gasteiger partial charge >= 0.3 is 11.9 Å². The molecule has 2 N–H and O–H groups in total. The zero-order valence-electron chi connectivity index (χ0n) is 15.3. The minimum absolute atomic E-state index is 0.163. The van der Waals surface area contributed by atoms with Crippen molar-refractivity contribution in [2.45, 2.75) is 45.9 Å². The Morgan fingerprint density at radius 3 is 2.12 bits per heavy atom. The third-order valence-electron chi connectivity index (χ3n) is 2.90. The standard InChI is InChI=1S/C18H24N2O6/c1-12(21)25-15(16(23)19-10-13-8-6-5-7-9-13)17(24)20-11-14(22)26-18(2,3)4/h5-9,15H,10-11H2,1-4H3,(H,19,23)(H,20,24). The Kier molecular flexibility index (Phi) is 7.77. The van der Waals surface area contributed by atoms with Gasteiger partial charge < -0.3 is 20.1 Å². The fourth-order valence-electron chi connectivity index (χ4n) is 1.90. The molecule has 0 heterocycles. The van der Waals surface area contributed by atoms with E-state index in [0.29, 0.717) is 0 Å². The smallest absolute Gasteiger partial charge is 0.325 e. The molecule has 0 aromatic heterocycles. The highest BCUT2D eigenvalue weighted by atomic mass is 16.6. The summed E-state index contributed by atoms with van der Waals surface area (Å²) in [6.07, 6.45) is -1.70. The first-order chi connectivity index (χ1) is 12.1. The predicted molar refractivity (Wildman–Crippen MR) is 92.7 cm³/mol. The van der Waals surface area contributed by atoms with E-state index in [0.717, 1.165) is 12.5 Å². The van der Waals surface area contributed by atoms with Crippen LogP contribution in [-0.2, 0) is 35.2 Å². The van der Waals surface area contributed by atoms with E-state index in [4.69, 9.17) is 9.47 Å². The minimum Gasteiger partial charge on any atom is -0.459 e. The first kappa shape index (κ1) is 21.1. The monoisotopic (exact) mass is 364 g/mol. The number of carbonyl (C=O) groups excluding carboxylic acids is 4. The molecule has 1 aromatic carbocycles. The molecule has 0 saturated carbocycles. The van der Waals surface area contributed by atoms with Crippen molar-refractivity contribution < 1.29 is 28.7 Å². The molecule has 26 heavy (non-hydrogen) atoms. The molecule has 0 spiro atoms. The summed E-state index contributed by atoms with van der Waals surface area (Å²) < 4.78 is 9.83. The van der Waals surface area contributed by atoms with Gasteiger partial charge in [0.05, 0.1) is 0 Å². The van der Waals surface area contributed by atoms with Crippen molar-refractivity contribution in [3.8, 4) is 0 Å². The van der Waals surface area contributed by atoms with E-state index in [2.05, 4.69) is 10.6 Å². The number of nitrogens with one attached hydrogen (secondary N) is 2. The lowest BCUT2D eigenvalue weighted by Gasteiger charge is -2.20. The van der Waals surface area contributed by atoms with Crippen LogP contribution < -0.4 is 10.6 Å². The third-order valence-corrected chi connectivity index (χ3v) is 2.90. The Morgan fingerprint density at radius 2 is 1.58 bits per heavy atom. The van der Waals surface area contributed by atoms with Crippen molar-refractivity contribution in [3.63, 3.8) is 0 Å². The van der Waals surface area contributed by atoms with Gasteiger partial charge in [-0.2, -0.15) is 0 Å². The topological polar surface area (TPSA) is 111 Å². The molecule has 0 aliphatic heterocycles. The molecule has 142 valence electrons. The summed E-state index contributed by atoms with van der Waals surface area (Å²) in [6, 6.07) is 9.03. The summed E-state index contributed by atoms with van der Waals surface area (Å²) >= 11 is 0. The van der Waals surface area contributed by atoms with E-state index in [-0.39, 0.29) is 6.54 Å². The van der Waals surface area contributed by atoms with Crippen LogP contribution in [0.1, 0.15) is 33.3 Å². The first-order valence-electron chi connectivity index (χ1n) is 8.07. The zero-order chi connectivity index (χ0) is 19.7. The number of hydrogen-bond acceptors (Lipinski definition) is 6. The van der Waals surface area contributed by atoms with Gasteiger partial charge in [0.2, 0.25) is 0 Å². The molecule has 0 saturated heterocycles. The lowest BCUT2D eigenvalue weighted by molar-refractivity contribution is -0.161. The summed E-state index contributed by atoms with van der Waals surface area (Å²) in [5.74, 6) is -3.16. The third kappa shape index (κ3) is 8.27. The SMILES string of the molecule is CC(=O)OC(C(=O)NCC(=O)OC(C)(C)C)C(=O)NCc1ccccc1. The van der Waals surface area contributed by atoms with Crippen LogP contribution in [0, 0.1) is 0 Å². The Labute approximate surface area is 152 Å². The highest BCUT2D eigenvalue weighted by Crippen LogP contribution is 2.06. The molecule has 1 atom stereocenters. The minimum atomic E-state index is -1.70. The Morgan fingerprint density at radius 1 is 1.00 bits per heavy atom. The molecule has 0 radical (unpaired) electrons. The fraction of sp³-hybridized carbons (Fsp3) is 0.444. The van der Waals surface area contributed by atoms with E-state index in [1.807, 2.05) is 6.07 Å².